The van der Waals surface area contributed by atoms with Crippen molar-refractivity contribution in [3.8, 4) is 5.75 Å². The van der Waals surface area contributed by atoms with Gasteiger partial charge < -0.3 is 30.9 Å². The van der Waals surface area contributed by atoms with E-state index in [1.54, 1.807) is 31.7 Å². The van der Waals surface area contributed by atoms with Crippen LogP contribution in [0.4, 0.5) is 5.69 Å². The normalized spacial score (nSPS) is 16.7. The van der Waals surface area contributed by atoms with Gasteiger partial charge in [0.05, 0.1) is 26.7 Å². The molecule has 42 heavy (non-hydrogen) atoms. The highest BCUT2D eigenvalue weighted by molar-refractivity contribution is 7.80. The van der Waals surface area contributed by atoms with Crippen molar-refractivity contribution in [2.75, 3.05) is 90.6 Å². The van der Waals surface area contributed by atoms with Crippen LogP contribution >= 0.6 is 12.6 Å². The Bertz CT molecular complexity index is 953. The standard InChI is InChI=1S/C23H35N5O9.C2H6S.C2H6/c1-37-18-3-2-16(24)12-17(18)22(23(35)36)28-10-8-26(14-20(31)32)6-4-25(13-19(29)30)5-7-27(9-11-28)15-21(33)34;1-2-3;1-2/h2-3,12,22H,4-11,13-15,24H2,1H3,(H,29,30)(H,31,32)(H,33,34)(H,35,36);3H,2H2,1H3;1-2H3. The van der Waals surface area contributed by atoms with Crippen molar-refractivity contribution in [3.05, 3.63) is 23.8 Å². The molecular weight excluding hydrogens is 570 g/mol. The van der Waals surface area contributed by atoms with Gasteiger partial charge in [0.2, 0.25) is 0 Å². The van der Waals surface area contributed by atoms with Gasteiger partial charge in [-0.15, -0.1) is 0 Å². The Balaban J connectivity index is 0.00000315. The quantitative estimate of drug-likeness (QED) is 0.159. The van der Waals surface area contributed by atoms with Crippen molar-refractivity contribution < 1.29 is 44.3 Å². The number of hydrogen-bond acceptors (Lipinski definition) is 11. The molecule has 6 N–H and O–H groups in total. The summed E-state index contributed by atoms with van der Waals surface area (Å²) in [6, 6.07) is 3.48. The lowest BCUT2D eigenvalue weighted by Crippen LogP contribution is -2.49. The predicted molar refractivity (Wildman–Crippen MR) is 162 cm³/mol. The zero-order valence-corrected chi connectivity index (χ0v) is 25.8. The maximum Gasteiger partial charge on any atom is 0.325 e. The van der Waals surface area contributed by atoms with Gasteiger partial charge in [-0.25, -0.2) is 0 Å². The lowest BCUT2D eigenvalue weighted by Gasteiger charge is -2.35. The molecule has 1 fully saturated rings. The average Bonchev–Trinajstić information content (AvgIpc) is 2.90. The average molecular weight is 618 g/mol. The van der Waals surface area contributed by atoms with E-state index in [4.69, 9.17) is 10.5 Å². The lowest BCUT2D eigenvalue weighted by molar-refractivity contribution is -0.145. The number of carboxylic acid groups (broad SMARTS) is 4. The van der Waals surface area contributed by atoms with Gasteiger partial charge in [-0.3, -0.25) is 38.8 Å². The predicted octanol–water partition coefficient (Wildman–Crippen LogP) is 0.841. The molecule has 15 heteroatoms. The van der Waals surface area contributed by atoms with E-state index in [9.17, 15) is 39.6 Å². The third-order valence-corrected chi connectivity index (χ3v) is 6.10. The number of nitrogen functional groups attached to an aromatic ring is 1. The van der Waals surface area contributed by atoms with Crippen LogP contribution in [-0.4, -0.2) is 149 Å². The molecule has 1 aliphatic rings. The first-order chi connectivity index (χ1) is 19.9. The summed E-state index contributed by atoms with van der Waals surface area (Å²) >= 11 is 3.79. The van der Waals surface area contributed by atoms with E-state index in [0.717, 1.165) is 5.75 Å². The highest BCUT2D eigenvalue weighted by Crippen LogP contribution is 2.31. The van der Waals surface area contributed by atoms with E-state index in [2.05, 4.69) is 12.6 Å². The molecule has 1 atom stereocenters. The van der Waals surface area contributed by atoms with Crippen molar-refractivity contribution >= 4 is 42.2 Å². The highest BCUT2D eigenvalue weighted by atomic mass is 32.1. The van der Waals surface area contributed by atoms with Crippen molar-refractivity contribution in [1.82, 2.24) is 19.6 Å². The van der Waals surface area contributed by atoms with Crippen molar-refractivity contribution in [2.24, 2.45) is 0 Å². The minimum absolute atomic E-state index is 0.141. The van der Waals surface area contributed by atoms with E-state index in [1.165, 1.54) is 13.2 Å². The number of nitrogens with two attached hydrogens (primary N) is 1. The van der Waals surface area contributed by atoms with Gasteiger partial charge in [0.1, 0.15) is 11.8 Å². The maximum atomic E-state index is 12.5. The number of benzene rings is 1. The van der Waals surface area contributed by atoms with Gasteiger partial charge in [-0.05, 0) is 24.0 Å². The molecule has 0 amide bonds. The second-order valence-corrected chi connectivity index (χ2v) is 9.74. The number of hydrogen-bond donors (Lipinski definition) is 6. The van der Waals surface area contributed by atoms with E-state index >= 15 is 0 Å². The number of thiol groups is 1. The number of nitrogens with zero attached hydrogens (tertiary/aromatic N) is 4. The molecule has 0 spiro atoms. The van der Waals surface area contributed by atoms with Crippen LogP contribution in [0.15, 0.2) is 18.2 Å². The van der Waals surface area contributed by atoms with E-state index in [0.29, 0.717) is 17.0 Å². The summed E-state index contributed by atoms with van der Waals surface area (Å²) < 4.78 is 5.38. The van der Waals surface area contributed by atoms with Crippen LogP contribution in [0.2, 0.25) is 0 Å². The Morgan fingerprint density at radius 1 is 0.810 bits per heavy atom. The molecule has 0 radical (unpaired) electrons. The minimum Gasteiger partial charge on any atom is -0.496 e. The van der Waals surface area contributed by atoms with Crippen LogP contribution in [-0.2, 0) is 19.2 Å². The molecule has 2 rings (SSSR count). The number of rotatable bonds is 10. The summed E-state index contributed by atoms with van der Waals surface area (Å²) in [5, 5.41) is 38.2. The molecule has 1 aliphatic heterocycles. The zero-order chi connectivity index (χ0) is 32.2. The van der Waals surface area contributed by atoms with Crippen LogP contribution in [0.3, 0.4) is 0 Å². The Morgan fingerprint density at radius 2 is 1.17 bits per heavy atom. The van der Waals surface area contributed by atoms with Crippen molar-refractivity contribution in [3.63, 3.8) is 0 Å². The van der Waals surface area contributed by atoms with Crippen LogP contribution < -0.4 is 10.5 Å². The molecule has 1 heterocycles. The van der Waals surface area contributed by atoms with Gasteiger partial charge in [0.15, 0.2) is 0 Å². The Morgan fingerprint density at radius 3 is 1.48 bits per heavy atom. The second-order valence-electron chi connectivity index (χ2n) is 9.10. The fraction of sp³-hybridized carbons (Fsp3) is 0.630. The molecular formula is C27H47N5O9S. The topological polar surface area (TPSA) is 197 Å². The molecule has 240 valence electrons. The third-order valence-electron chi connectivity index (χ3n) is 6.10. The number of aliphatic carboxylic acids is 4. The van der Waals surface area contributed by atoms with E-state index in [1.807, 2.05) is 20.8 Å². The van der Waals surface area contributed by atoms with Crippen LogP contribution in [0, 0.1) is 0 Å². The van der Waals surface area contributed by atoms with Crippen molar-refractivity contribution in [2.45, 2.75) is 26.8 Å². The fourth-order valence-corrected chi connectivity index (χ4v) is 4.31. The van der Waals surface area contributed by atoms with Crippen molar-refractivity contribution in [1.29, 1.82) is 0 Å². The van der Waals surface area contributed by atoms with E-state index < -0.39 is 29.9 Å². The summed E-state index contributed by atoms with van der Waals surface area (Å²) in [5.74, 6) is -3.08. The molecule has 1 unspecified atom stereocenters. The molecule has 0 bridgehead atoms. The third kappa shape index (κ3) is 15.2. The first kappa shape index (κ1) is 38.9. The zero-order valence-electron chi connectivity index (χ0n) is 24.9. The summed E-state index contributed by atoms with van der Waals surface area (Å²) in [6.07, 6.45) is 0. The SMILES string of the molecule is CC.CCS.COc1ccc(N)cc1C(C(=O)O)N1CCN(CC(=O)O)CCN(CC(=O)O)CCN(CC(=O)O)CC1. The molecule has 1 saturated heterocycles. The summed E-state index contributed by atoms with van der Waals surface area (Å²) in [4.78, 5) is 53.3. The van der Waals surface area contributed by atoms with E-state index in [-0.39, 0.29) is 72.0 Å². The minimum atomic E-state index is -1.19. The van der Waals surface area contributed by atoms with Gasteiger partial charge in [0.25, 0.3) is 0 Å². The summed E-state index contributed by atoms with van der Waals surface area (Å²) in [5.41, 5.74) is 6.60. The Hall–Kier alpha value is -3.11. The fourth-order valence-electron chi connectivity index (χ4n) is 4.31. The molecule has 0 saturated carbocycles. The molecule has 0 aliphatic carbocycles. The number of carbonyl (C=O) groups is 4. The van der Waals surface area contributed by atoms with Crippen LogP contribution in [0.25, 0.3) is 0 Å². The number of anilines is 1. The molecule has 0 aromatic heterocycles. The Labute approximate surface area is 253 Å². The Kier molecular flexibility index (Phi) is 20.0. The second kappa shape index (κ2) is 21.6. The summed E-state index contributed by atoms with van der Waals surface area (Å²) in [6.45, 7) is 6.69. The molecule has 1 aromatic rings. The van der Waals surface area contributed by atoms with Gasteiger partial charge >= 0.3 is 23.9 Å². The lowest BCUT2D eigenvalue weighted by atomic mass is 10.0. The molecule has 14 nitrogen and oxygen atoms in total. The van der Waals surface area contributed by atoms with Gasteiger partial charge in [-0.2, -0.15) is 12.6 Å². The first-order valence-corrected chi connectivity index (χ1v) is 14.4. The monoisotopic (exact) mass is 617 g/mol. The number of carboxylic acids is 4. The first-order valence-electron chi connectivity index (χ1n) is 13.7. The maximum absolute atomic E-state index is 12.5. The van der Waals surface area contributed by atoms with Crippen LogP contribution in [0.1, 0.15) is 32.4 Å². The molecule has 1 aromatic carbocycles. The highest BCUT2D eigenvalue weighted by Gasteiger charge is 2.31. The smallest absolute Gasteiger partial charge is 0.325 e. The number of methoxy groups -OCH3 is 1. The largest absolute Gasteiger partial charge is 0.496 e. The van der Waals surface area contributed by atoms with Crippen LogP contribution in [0.5, 0.6) is 5.75 Å². The van der Waals surface area contributed by atoms with Gasteiger partial charge in [-0.1, -0.05) is 20.8 Å². The number of ether oxygens (including phenoxy) is 1. The van der Waals surface area contributed by atoms with Gasteiger partial charge in [0, 0.05) is 63.6 Å². The summed E-state index contributed by atoms with van der Waals surface area (Å²) in [7, 11) is 1.41.